The predicted molar refractivity (Wildman–Crippen MR) is 58.6 cm³/mol. The molecule has 90 valence electrons. The molecular weight excluding hydrogens is 222 g/mol. The van der Waals surface area contributed by atoms with E-state index < -0.39 is 5.97 Å². The van der Waals surface area contributed by atoms with E-state index >= 15 is 0 Å². The molecule has 1 aliphatic heterocycles. The van der Waals surface area contributed by atoms with Crippen molar-refractivity contribution in [1.29, 1.82) is 5.26 Å². The number of hydrogen-bond acceptors (Lipinski definition) is 5. The molecule has 6 nitrogen and oxygen atoms in total. The largest absolute Gasteiger partial charge is 0.481 e. The molecule has 0 radical (unpaired) electrons. The molecular formula is C11H13N3O3. The molecule has 0 saturated carbocycles. The zero-order valence-electron chi connectivity index (χ0n) is 9.35. The first kappa shape index (κ1) is 11.5. The van der Waals surface area contributed by atoms with Crippen molar-refractivity contribution in [3.05, 3.63) is 11.6 Å². The number of carbonyl (C=O) groups is 1. The van der Waals surface area contributed by atoms with Crippen LogP contribution in [-0.2, 0) is 11.2 Å². The van der Waals surface area contributed by atoms with E-state index in [1.54, 1.807) is 0 Å². The van der Waals surface area contributed by atoms with E-state index in [2.05, 4.69) is 4.98 Å². The van der Waals surface area contributed by atoms with E-state index in [1.165, 1.54) is 6.42 Å². The molecule has 1 aliphatic rings. The lowest BCUT2D eigenvalue weighted by molar-refractivity contribution is -0.136. The van der Waals surface area contributed by atoms with E-state index in [1.807, 2.05) is 11.0 Å². The van der Waals surface area contributed by atoms with Gasteiger partial charge in [0.1, 0.15) is 12.5 Å². The Labute approximate surface area is 98.5 Å². The molecule has 0 unspecified atom stereocenters. The van der Waals surface area contributed by atoms with Crippen LogP contribution in [0.4, 0.5) is 5.88 Å². The van der Waals surface area contributed by atoms with E-state index in [9.17, 15) is 4.79 Å². The molecule has 2 rings (SSSR count). The van der Waals surface area contributed by atoms with Crippen molar-refractivity contribution in [3.8, 4) is 6.07 Å². The summed E-state index contributed by atoms with van der Waals surface area (Å²) in [5.41, 5.74) is 0.183. The fourth-order valence-electron chi connectivity index (χ4n) is 1.94. The predicted octanol–water partition coefficient (Wildman–Crippen LogP) is 1.16. The maximum Gasteiger partial charge on any atom is 0.312 e. The van der Waals surface area contributed by atoms with Crippen LogP contribution in [0.3, 0.4) is 0 Å². The summed E-state index contributed by atoms with van der Waals surface area (Å²) in [6.07, 6.45) is 3.00. The van der Waals surface area contributed by atoms with E-state index in [4.69, 9.17) is 14.8 Å². The van der Waals surface area contributed by atoms with Gasteiger partial charge in [0.15, 0.2) is 0 Å². The lowest BCUT2D eigenvalue weighted by Gasteiger charge is -2.25. The van der Waals surface area contributed by atoms with Gasteiger partial charge in [0.25, 0.3) is 0 Å². The lowest BCUT2D eigenvalue weighted by Crippen LogP contribution is -2.29. The van der Waals surface area contributed by atoms with Gasteiger partial charge in [0.2, 0.25) is 17.5 Å². The van der Waals surface area contributed by atoms with Gasteiger partial charge < -0.3 is 14.4 Å². The van der Waals surface area contributed by atoms with Crippen molar-refractivity contribution in [2.24, 2.45) is 0 Å². The number of hydrogen-bond donors (Lipinski definition) is 1. The van der Waals surface area contributed by atoms with Crippen LogP contribution in [0.2, 0.25) is 0 Å². The van der Waals surface area contributed by atoms with Gasteiger partial charge in [-0.25, -0.2) is 0 Å². The van der Waals surface area contributed by atoms with Crippen LogP contribution in [0.5, 0.6) is 0 Å². The third kappa shape index (κ3) is 2.56. The number of oxazole rings is 1. The van der Waals surface area contributed by atoms with Gasteiger partial charge in [-0.2, -0.15) is 10.2 Å². The van der Waals surface area contributed by atoms with E-state index in [-0.39, 0.29) is 18.0 Å². The number of rotatable bonds is 3. The summed E-state index contributed by atoms with van der Waals surface area (Å²) in [6, 6.07) is 1.95. The minimum absolute atomic E-state index is 0.0922. The summed E-state index contributed by atoms with van der Waals surface area (Å²) in [4.78, 5) is 16.4. The SMILES string of the molecule is N#Cc1nc(CC(=O)O)oc1N1CCCCC1. The van der Waals surface area contributed by atoms with Gasteiger partial charge in [0.05, 0.1) is 0 Å². The van der Waals surface area contributed by atoms with Gasteiger partial charge in [-0.3, -0.25) is 4.79 Å². The Morgan fingerprint density at radius 3 is 2.76 bits per heavy atom. The van der Waals surface area contributed by atoms with Crippen molar-refractivity contribution in [2.75, 3.05) is 18.0 Å². The Bertz CT molecular complexity index is 455. The minimum Gasteiger partial charge on any atom is -0.481 e. The third-order valence-electron chi connectivity index (χ3n) is 2.71. The van der Waals surface area contributed by atoms with Crippen molar-refractivity contribution in [2.45, 2.75) is 25.7 Å². The van der Waals surface area contributed by atoms with Gasteiger partial charge >= 0.3 is 5.97 Å². The average Bonchev–Trinajstić information content (AvgIpc) is 2.72. The second kappa shape index (κ2) is 4.87. The third-order valence-corrected chi connectivity index (χ3v) is 2.71. The number of piperidine rings is 1. The van der Waals surface area contributed by atoms with Gasteiger partial charge in [-0.15, -0.1) is 0 Å². The summed E-state index contributed by atoms with van der Waals surface area (Å²) in [5, 5.41) is 17.6. The van der Waals surface area contributed by atoms with Gasteiger partial charge in [-0.1, -0.05) is 0 Å². The van der Waals surface area contributed by atoms with Crippen molar-refractivity contribution in [3.63, 3.8) is 0 Å². The summed E-state index contributed by atoms with van der Waals surface area (Å²) >= 11 is 0. The monoisotopic (exact) mass is 235 g/mol. The molecule has 1 saturated heterocycles. The number of carboxylic acids is 1. The molecule has 0 aromatic carbocycles. The number of anilines is 1. The zero-order chi connectivity index (χ0) is 12.3. The molecule has 1 aromatic rings. The first-order valence-electron chi connectivity index (χ1n) is 5.57. The maximum absolute atomic E-state index is 10.6. The Morgan fingerprint density at radius 1 is 1.47 bits per heavy atom. The second-order valence-corrected chi connectivity index (χ2v) is 3.99. The highest BCUT2D eigenvalue weighted by Gasteiger charge is 2.21. The highest BCUT2D eigenvalue weighted by Crippen LogP contribution is 2.25. The fourth-order valence-corrected chi connectivity index (χ4v) is 1.94. The Hall–Kier alpha value is -2.03. The molecule has 0 amide bonds. The number of aromatic nitrogens is 1. The van der Waals surface area contributed by atoms with Crippen LogP contribution < -0.4 is 4.90 Å². The molecule has 0 bridgehead atoms. The van der Waals surface area contributed by atoms with Crippen LogP contribution >= 0.6 is 0 Å². The molecule has 1 fully saturated rings. The quantitative estimate of drug-likeness (QED) is 0.845. The van der Waals surface area contributed by atoms with Gasteiger partial charge in [-0.05, 0) is 19.3 Å². The molecule has 1 N–H and O–H groups in total. The van der Waals surface area contributed by atoms with Crippen LogP contribution in [0, 0.1) is 11.3 Å². The molecule has 17 heavy (non-hydrogen) atoms. The number of nitriles is 1. The summed E-state index contributed by atoms with van der Waals surface area (Å²) < 4.78 is 5.37. The summed E-state index contributed by atoms with van der Waals surface area (Å²) in [5.74, 6) is -0.501. The summed E-state index contributed by atoms with van der Waals surface area (Å²) in [7, 11) is 0. The average molecular weight is 235 g/mol. The molecule has 1 aromatic heterocycles. The van der Waals surface area contributed by atoms with Gasteiger partial charge in [0, 0.05) is 13.1 Å². The molecule has 0 aliphatic carbocycles. The first-order valence-corrected chi connectivity index (χ1v) is 5.57. The zero-order valence-corrected chi connectivity index (χ0v) is 9.35. The van der Waals surface area contributed by atoms with Crippen molar-refractivity contribution in [1.82, 2.24) is 4.98 Å². The molecule has 2 heterocycles. The molecule has 0 atom stereocenters. The minimum atomic E-state index is -1.01. The number of carboxylic acid groups (broad SMARTS) is 1. The first-order chi connectivity index (χ1) is 8.20. The highest BCUT2D eigenvalue weighted by atomic mass is 16.4. The normalized spacial score (nSPS) is 15.6. The second-order valence-electron chi connectivity index (χ2n) is 3.99. The summed E-state index contributed by atoms with van der Waals surface area (Å²) in [6.45, 7) is 1.66. The fraction of sp³-hybridized carbons (Fsp3) is 0.545. The standard InChI is InChI=1S/C11H13N3O3/c12-7-8-11(14-4-2-1-3-5-14)17-9(13-8)6-10(15)16/h1-6H2,(H,15,16). The topological polar surface area (TPSA) is 90.4 Å². The Balaban J connectivity index is 2.22. The Morgan fingerprint density at radius 2 is 2.18 bits per heavy atom. The lowest BCUT2D eigenvalue weighted by atomic mass is 10.1. The number of aliphatic carboxylic acids is 1. The smallest absolute Gasteiger partial charge is 0.312 e. The van der Waals surface area contributed by atoms with Crippen molar-refractivity contribution >= 4 is 11.9 Å². The number of nitrogens with zero attached hydrogens (tertiary/aromatic N) is 3. The maximum atomic E-state index is 10.6. The van der Waals surface area contributed by atoms with Crippen molar-refractivity contribution < 1.29 is 14.3 Å². The molecule has 0 spiro atoms. The van der Waals surface area contributed by atoms with E-state index in [0.717, 1.165) is 25.9 Å². The van der Waals surface area contributed by atoms with Crippen LogP contribution in [0.1, 0.15) is 30.8 Å². The van der Waals surface area contributed by atoms with Crippen LogP contribution in [0.15, 0.2) is 4.42 Å². The highest BCUT2D eigenvalue weighted by molar-refractivity contribution is 5.69. The van der Waals surface area contributed by atoms with E-state index in [0.29, 0.717) is 5.88 Å². The molecule has 6 heteroatoms. The van der Waals surface area contributed by atoms with Crippen LogP contribution in [0.25, 0.3) is 0 Å². The van der Waals surface area contributed by atoms with Crippen LogP contribution in [-0.4, -0.2) is 29.1 Å². The Kier molecular flexibility index (Phi) is 3.28.